The van der Waals surface area contributed by atoms with Gasteiger partial charge in [0.15, 0.2) is 0 Å². The summed E-state index contributed by atoms with van der Waals surface area (Å²) in [6.45, 7) is 5.65. The number of carbonyl (C=O) groups is 1. The van der Waals surface area contributed by atoms with Gasteiger partial charge in [0, 0.05) is 11.6 Å². The molecule has 2 rings (SSSR count). The SMILES string of the molecule is Cc1cc(C(C)NC(=O)c2cc(N)n[nH]2)c(C)o1. The molecule has 0 radical (unpaired) electrons. The normalized spacial score (nSPS) is 12.4. The maximum atomic E-state index is 11.9. The van der Waals surface area contributed by atoms with E-state index in [9.17, 15) is 4.79 Å². The Morgan fingerprint density at radius 2 is 2.22 bits per heavy atom. The van der Waals surface area contributed by atoms with Crippen molar-refractivity contribution in [2.45, 2.75) is 26.8 Å². The second-order valence-electron chi connectivity index (χ2n) is 4.27. The number of anilines is 1. The lowest BCUT2D eigenvalue weighted by molar-refractivity contribution is 0.0934. The first kappa shape index (κ1) is 12.2. The molecule has 0 bridgehead atoms. The highest BCUT2D eigenvalue weighted by Crippen LogP contribution is 2.21. The van der Waals surface area contributed by atoms with Crippen molar-refractivity contribution in [3.63, 3.8) is 0 Å². The van der Waals surface area contributed by atoms with Gasteiger partial charge in [-0.25, -0.2) is 0 Å². The van der Waals surface area contributed by atoms with Crippen molar-refractivity contribution in [3.05, 3.63) is 34.9 Å². The van der Waals surface area contributed by atoms with Gasteiger partial charge >= 0.3 is 0 Å². The Morgan fingerprint density at radius 1 is 1.50 bits per heavy atom. The van der Waals surface area contributed by atoms with Crippen LogP contribution in [0.2, 0.25) is 0 Å². The average Bonchev–Trinajstić information content (AvgIpc) is 2.84. The minimum Gasteiger partial charge on any atom is -0.466 e. The van der Waals surface area contributed by atoms with E-state index >= 15 is 0 Å². The maximum Gasteiger partial charge on any atom is 0.269 e. The van der Waals surface area contributed by atoms with Crippen LogP contribution in [0.15, 0.2) is 16.5 Å². The van der Waals surface area contributed by atoms with Crippen LogP contribution in [0.5, 0.6) is 0 Å². The van der Waals surface area contributed by atoms with Crippen molar-refractivity contribution in [2.24, 2.45) is 0 Å². The molecule has 2 aromatic rings. The van der Waals surface area contributed by atoms with Crippen molar-refractivity contribution in [2.75, 3.05) is 5.73 Å². The zero-order valence-corrected chi connectivity index (χ0v) is 10.6. The Bertz CT molecular complexity index is 570. The summed E-state index contributed by atoms with van der Waals surface area (Å²) in [7, 11) is 0. The van der Waals surface area contributed by atoms with Crippen LogP contribution in [0.4, 0.5) is 5.82 Å². The summed E-state index contributed by atoms with van der Waals surface area (Å²) in [5.74, 6) is 1.69. The monoisotopic (exact) mass is 248 g/mol. The van der Waals surface area contributed by atoms with Gasteiger partial charge in [0.2, 0.25) is 0 Å². The highest BCUT2D eigenvalue weighted by atomic mass is 16.3. The molecule has 1 atom stereocenters. The number of nitrogen functional groups attached to an aromatic ring is 1. The van der Waals surface area contributed by atoms with Crippen molar-refractivity contribution in [1.82, 2.24) is 15.5 Å². The van der Waals surface area contributed by atoms with E-state index < -0.39 is 0 Å². The second-order valence-corrected chi connectivity index (χ2v) is 4.27. The maximum absolute atomic E-state index is 11.9. The Kier molecular flexibility index (Phi) is 3.10. The lowest BCUT2D eigenvalue weighted by Crippen LogP contribution is -2.27. The van der Waals surface area contributed by atoms with Gasteiger partial charge in [-0.3, -0.25) is 9.89 Å². The van der Waals surface area contributed by atoms with E-state index in [1.54, 1.807) is 0 Å². The van der Waals surface area contributed by atoms with E-state index in [-0.39, 0.29) is 11.9 Å². The van der Waals surface area contributed by atoms with Gasteiger partial charge in [0.05, 0.1) is 6.04 Å². The van der Waals surface area contributed by atoms with E-state index in [2.05, 4.69) is 15.5 Å². The summed E-state index contributed by atoms with van der Waals surface area (Å²) < 4.78 is 5.44. The van der Waals surface area contributed by atoms with Gasteiger partial charge in [-0.15, -0.1) is 0 Å². The number of aromatic amines is 1. The Morgan fingerprint density at radius 3 is 2.72 bits per heavy atom. The fraction of sp³-hybridized carbons (Fsp3) is 0.333. The third-order valence-electron chi connectivity index (χ3n) is 2.74. The van der Waals surface area contributed by atoms with E-state index in [0.717, 1.165) is 17.1 Å². The first-order valence-electron chi connectivity index (χ1n) is 5.66. The molecule has 0 aliphatic rings. The number of rotatable bonds is 3. The number of aromatic nitrogens is 2. The summed E-state index contributed by atoms with van der Waals surface area (Å²) in [6, 6.07) is 3.27. The Hall–Kier alpha value is -2.24. The number of H-pyrrole nitrogens is 1. The molecule has 6 heteroatoms. The molecule has 18 heavy (non-hydrogen) atoms. The number of nitrogens with zero attached hydrogens (tertiary/aromatic N) is 1. The molecular formula is C12H16N4O2. The summed E-state index contributed by atoms with van der Waals surface area (Å²) in [5.41, 5.74) is 6.76. The van der Waals surface area contributed by atoms with Gasteiger partial charge in [-0.05, 0) is 26.8 Å². The van der Waals surface area contributed by atoms with E-state index in [0.29, 0.717) is 11.5 Å². The van der Waals surface area contributed by atoms with Crippen LogP contribution in [0.25, 0.3) is 0 Å². The summed E-state index contributed by atoms with van der Waals surface area (Å²) >= 11 is 0. The van der Waals surface area contributed by atoms with E-state index in [1.807, 2.05) is 26.8 Å². The fourth-order valence-corrected chi connectivity index (χ4v) is 1.89. The standard InChI is InChI=1S/C12H16N4O2/c1-6-4-9(8(3)18-6)7(2)14-12(17)10-5-11(13)16-15-10/h4-5,7H,1-3H3,(H,14,17)(H3,13,15,16). The van der Waals surface area contributed by atoms with Gasteiger partial charge < -0.3 is 15.5 Å². The van der Waals surface area contributed by atoms with Gasteiger partial charge in [-0.2, -0.15) is 5.10 Å². The molecule has 1 amide bonds. The van der Waals surface area contributed by atoms with Crippen molar-refractivity contribution >= 4 is 11.7 Å². The third kappa shape index (κ3) is 2.37. The molecule has 0 spiro atoms. The molecule has 0 fully saturated rings. The summed E-state index contributed by atoms with van der Waals surface area (Å²) in [5, 5.41) is 9.14. The fourth-order valence-electron chi connectivity index (χ4n) is 1.89. The van der Waals surface area contributed by atoms with Crippen molar-refractivity contribution in [3.8, 4) is 0 Å². The third-order valence-corrected chi connectivity index (χ3v) is 2.74. The highest BCUT2D eigenvalue weighted by molar-refractivity contribution is 5.93. The molecular weight excluding hydrogens is 232 g/mol. The predicted molar refractivity (Wildman–Crippen MR) is 67.1 cm³/mol. The number of amides is 1. The van der Waals surface area contributed by atoms with Crippen LogP contribution < -0.4 is 11.1 Å². The van der Waals surface area contributed by atoms with Crippen molar-refractivity contribution in [1.29, 1.82) is 0 Å². The first-order valence-corrected chi connectivity index (χ1v) is 5.66. The Balaban J connectivity index is 2.10. The van der Waals surface area contributed by atoms with Gasteiger partial charge in [0.25, 0.3) is 5.91 Å². The Labute approximate surface area is 105 Å². The number of nitrogens with two attached hydrogens (primary N) is 1. The quantitative estimate of drug-likeness (QED) is 0.770. The molecule has 2 heterocycles. The summed E-state index contributed by atoms with van der Waals surface area (Å²) in [6.07, 6.45) is 0. The first-order chi connectivity index (χ1) is 8.47. The molecule has 2 aromatic heterocycles. The molecule has 0 saturated heterocycles. The number of furan rings is 1. The minimum absolute atomic E-state index is 0.139. The van der Waals surface area contributed by atoms with Crippen molar-refractivity contribution < 1.29 is 9.21 Å². The lowest BCUT2D eigenvalue weighted by atomic mass is 10.1. The molecule has 4 N–H and O–H groups in total. The predicted octanol–water partition coefficient (Wildman–Crippen LogP) is 1.69. The van der Waals surface area contributed by atoms with Crippen LogP contribution in [-0.4, -0.2) is 16.1 Å². The minimum atomic E-state index is -0.245. The number of hydrogen-bond donors (Lipinski definition) is 3. The van der Waals surface area contributed by atoms with Crippen LogP contribution in [0.1, 0.15) is 40.5 Å². The molecule has 0 aliphatic carbocycles. The number of hydrogen-bond acceptors (Lipinski definition) is 4. The van der Waals surface area contributed by atoms with Crippen LogP contribution in [0, 0.1) is 13.8 Å². The molecule has 6 nitrogen and oxygen atoms in total. The number of nitrogens with one attached hydrogen (secondary N) is 2. The van der Waals surface area contributed by atoms with Gasteiger partial charge in [0.1, 0.15) is 23.0 Å². The van der Waals surface area contributed by atoms with Crippen LogP contribution in [0.3, 0.4) is 0 Å². The zero-order chi connectivity index (χ0) is 13.3. The van der Waals surface area contributed by atoms with E-state index in [4.69, 9.17) is 10.2 Å². The topological polar surface area (TPSA) is 96.9 Å². The molecule has 96 valence electrons. The molecule has 0 aliphatic heterocycles. The van der Waals surface area contributed by atoms with Crippen LogP contribution in [-0.2, 0) is 0 Å². The van der Waals surface area contributed by atoms with Gasteiger partial charge in [-0.1, -0.05) is 0 Å². The smallest absolute Gasteiger partial charge is 0.269 e. The highest BCUT2D eigenvalue weighted by Gasteiger charge is 2.17. The molecule has 1 unspecified atom stereocenters. The molecule has 0 aromatic carbocycles. The number of carbonyl (C=O) groups excluding carboxylic acids is 1. The second kappa shape index (κ2) is 4.56. The largest absolute Gasteiger partial charge is 0.466 e. The zero-order valence-electron chi connectivity index (χ0n) is 10.6. The van der Waals surface area contributed by atoms with E-state index in [1.165, 1.54) is 6.07 Å². The summed E-state index contributed by atoms with van der Waals surface area (Å²) in [4.78, 5) is 11.9. The van der Waals surface area contributed by atoms with Crippen LogP contribution >= 0.6 is 0 Å². The molecule has 0 saturated carbocycles. The lowest BCUT2D eigenvalue weighted by Gasteiger charge is -2.12. The average molecular weight is 248 g/mol. The number of aryl methyl sites for hydroxylation is 2.